The summed E-state index contributed by atoms with van der Waals surface area (Å²) < 4.78 is 0. The first-order valence-corrected chi connectivity index (χ1v) is 6.77. The summed E-state index contributed by atoms with van der Waals surface area (Å²) in [7, 11) is 0. The molecule has 0 saturated heterocycles. The van der Waals surface area contributed by atoms with E-state index in [1.54, 1.807) is 0 Å². The number of nitrogens with zero attached hydrogens (tertiary/aromatic N) is 2. The van der Waals surface area contributed by atoms with Gasteiger partial charge in [-0.25, -0.2) is 0 Å². The Morgan fingerprint density at radius 3 is 2.85 bits per heavy atom. The van der Waals surface area contributed by atoms with Crippen LogP contribution in [0.1, 0.15) is 17.0 Å². The molecule has 20 heavy (non-hydrogen) atoms. The van der Waals surface area contributed by atoms with E-state index in [4.69, 9.17) is 0 Å². The van der Waals surface area contributed by atoms with Crippen LogP contribution >= 0.6 is 0 Å². The third-order valence-corrected chi connectivity index (χ3v) is 3.29. The molecule has 0 aliphatic rings. The minimum absolute atomic E-state index is 0.788. The van der Waals surface area contributed by atoms with Gasteiger partial charge in [-0.1, -0.05) is 18.2 Å². The third-order valence-electron chi connectivity index (χ3n) is 3.29. The maximum atomic E-state index is 4.48. The molecule has 0 aliphatic heterocycles. The van der Waals surface area contributed by atoms with E-state index in [9.17, 15) is 0 Å². The van der Waals surface area contributed by atoms with Gasteiger partial charge in [-0.05, 0) is 42.1 Å². The van der Waals surface area contributed by atoms with Crippen molar-refractivity contribution >= 4 is 10.8 Å². The summed E-state index contributed by atoms with van der Waals surface area (Å²) in [6.45, 7) is 3.64. The lowest BCUT2D eigenvalue weighted by Gasteiger charge is -2.06. The van der Waals surface area contributed by atoms with Crippen molar-refractivity contribution in [2.45, 2.75) is 20.0 Å². The Labute approximate surface area is 118 Å². The SMILES string of the molecule is Cc1cccc(CNCc2ccc3cnccc3c2)n1. The second-order valence-electron chi connectivity index (χ2n) is 4.93. The molecule has 3 nitrogen and oxygen atoms in total. The highest BCUT2D eigenvalue weighted by Crippen LogP contribution is 2.14. The predicted molar refractivity (Wildman–Crippen MR) is 81.3 cm³/mol. The topological polar surface area (TPSA) is 37.8 Å². The molecule has 0 atom stereocenters. The summed E-state index contributed by atoms with van der Waals surface area (Å²) in [5, 5.41) is 5.84. The van der Waals surface area contributed by atoms with Crippen LogP contribution in [0, 0.1) is 6.92 Å². The molecule has 0 aliphatic carbocycles. The lowest BCUT2D eigenvalue weighted by molar-refractivity contribution is 0.678. The minimum Gasteiger partial charge on any atom is -0.307 e. The quantitative estimate of drug-likeness (QED) is 0.785. The second-order valence-corrected chi connectivity index (χ2v) is 4.93. The highest BCUT2D eigenvalue weighted by Gasteiger charge is 1.98. The number of benzene rings is 1. The highest BCUT2D eigenvalue weighted by molar-refractivity contribution is 5.81. The number of rotatable bonds is 4. The van der Waals surface area contributed by atoms with E-state index in [0.717, 1.165) is 24.5 Å². The standard InChI is InChI=1S/C17H17N3/c1-13-3-2-4-17(20-13)12-19-10-14-5-6-16-11-18-8-7-15(16)9-14/h2-9,11,19H,10,12H2,1H3. The highest BCUT2D eigenvalue weighted by atomic mass is 14.9. The summed E-state index contributed by atoms with van der Waals surface area (Å²) in [6, 6.07) is 14.6. The minimum atomic E-state index is 0.788. The van der Waals surface area contributed by atoms with Crippen LogP contribution in [0.4, 0.5) is 0 Å². The van der Waals surface area contributed by atoms with Crippen molar-refractivity contribution in [3.63, 3.8) is 0 Å². The van der Waals surface area contributed by atoms with E-state index in [1.165, 1.54) is 16.3 Å². The van der Waals surface area contributed by atoms with Crippen LogP contribution in [0.3, 0.4) is 0 Å². The summed E-state index contributed by atoms with van der Waals surface area (Å²) in [6.07, 6.45) is 3.72. The molecule has 2 heterocycles. The number of aryl methyl sites for hydroxylation is 1. The Hall–Kier alpha value is -2.26. The molecule has 1 aromatic carbocycles. The Balaban J connectivity index is 1.65. The van der Waals surface area contributed by atoms with E-state index in [1.807, 2.05) is 43.6 Å². The molecule has 0 unspecified atom stereocenters. The van der Waals surface area contributed by atoms with Gasteiger partial charge in [0.1, 0.15) is 0 Å². The molecule has 2 aromatic heterocycles. The molecule has 0 saturated carbocycles. The van der Waals surface area contributed by atoms with Crippen LogP contribution in [-0.4, -0.2) is 9.97 Å². The summed E-state index contributed by atoms with van der Waals surface area (Å²) in [4.78, 5) is 8.61. The number of hydrogen-bond donors (Lipinski definition) is 1. The van der Waals surface area contributed by atoms with Crippen molar-refractivity contribution in [1.82, 2.24) is 15.3 Å². The van der Waals surface area contributed by atoms with Crippen molar-refractivity contribution in [1.29, 1.82) is 0 Å². The number of fused-ring (bicyclic) bond motifs is 1. The van der Waals surface area contributed by atoms with E-state index in [0.29, 0.717) is 0 Å². The molecule has 3 rings (SSSR count). The normalized spacial score (nSPS) is 10.8. The molecule has 3 heteroatoms. The molecule has 100 valence electrons. The maximum absolute atomic E-state index is 4.48. The Kier molecular flexibility index (Phi) is 3.70. The summed E-state index contributed by atoms with van der Waals surface area (Å²) >= 11 is 0. The zero-order valence-electron chi connectivity index (χ0n) is 11.5. The fourth-order valence-electron chi connectivity index (χ4n) is 2.28. The summed E-state index contributed by atoms with van der Waals surface area (Å²) in [5.41, 5.74) is 3.41. The van der Waals surface area contributed by atoms with Crippen LogP contribution < -0.4 is 5.32 Å². The molecule has 0 bridgehead atoms. The molecular formula is C17H17N3. The van der Waals surface area contributed by atoms with E-state index in [2.05, 4.69) is 33.5 Å². The van der Waals surface area contributed by atoms with Crippen molar-refractivity contribution in [2.75, 3.05) is 0 Å². The predicted octanol–water partition coefficient (Wildman–Crippen LogP) is 3.23. The Morgan fingerprint density at radius 2 is 1.95 bits per heavy atom. The second kappa shape index (κ2) is 5.80. The van der Waals surface area contributed by atoms with Gasteiger partial charge in [-0.15, -0.1) is 0 Å². The van der Waals surface area contributed by atoms with Gasteiger partial charge in [0.05, 0.1) is 5.69 Å². The van der Waals surface area contributed by atoms with Crippen molar-refractivity contribution < 1.29 is 0 Å². The molecular weight excluding hydrogens is 246 g/mol. The number of nitrogens with one attached hydrogen (secondary N) is 1. The first kappa shape index (κ1) is 12.8. The Morgan fingerprint density at radius 1 is 1.00 bits per heavy atom. The smallest absolute Gasteiger partial charge is 0.0544 e. The molecule has 0 spiro atoms. The van der Waals surface area contributed by atoms with Gasteiger partial charge in [0.25, 0.3) is 0 Å². The average molecular weight is 263 g/mol. The van der Waals surface area contributed by atoms with Crippen molar-refractivity contribution in [3.05, 3.63) is 71.8 Å². The molecule has 0 fully saturated rings. The van der Waals surface area contributed by atoms with Crippen molar-refractivity contribution in [3.8, 4) is 0 Å². The van der Waals surface area contributed by atoms with Crippen LogP contribution in [0.25, 0.3) is 10.8 Å². The zero-order valence-corrected chi connectivity index (χ0v) is 11.5. The monoisotopic (exact) mass is 263 g/mol. The summed E-state index contributed by atoms with van der Waals surface area (Å²) in [5.74, 6) is 0. The molecule has 1 N–H and O–H groups in total. The largest absolute Gasteiger partial charge is 0.307 e. The van der Waals surface area contributed by atoms with Crippen molar-refractivity contribution in [2.24, 2.45) is 0 Å². The van der Waals surface area contributed by atoms with Gasteiger partial charge in [-0.3, -0.25) is 9.97 Å². The van der Waals surface area contributed by atoms with Gasteiger partial charge < -0.3 is 5.32 Å². The number of aromatic nitrogens is 2. The van der Waals surface area contributed by atoms with E-state index >= 15 is 0 Å². The Bertz CT molecular complexity index is 722. The van der Waals surface area contributed by atoms with Gasteiger partial charge in [0.15, 0.2) is 0 Å². The maximum Gasteiger partial charge on any atom is 0.0544 e. The lowest BCUT2D eigenvalue weighted by Crippen LogP contribution is -2.13. The average Bonchev–Trinajstić information content (AvgIpc) is 2.47. The first-order chi connectivity index (χ1) is 9.81. The van der Waals surface area contributed by atoms with Crippen LogP contribution in [0.15, 0.2) is 54.9 Å². The van der Waals surface area contributed by atoms with Gasteiger partial charge in [0.2, 0.25) is 0 Å². The van der Waals surface area contributed by atoms with E-state index in [-0.39, 0.29) is 0 Å². The fraction of sp³-hybridized carbons (Fsp3) is 0.176. The van der Waals surface area contributed by atoms with Crippen LogP contribution in [0.5, 0.6) is 0 Å². The molecule has 3 aromatic rings. The van der Waals surface area contributed by atoms with E-state index < -0.39 is 0 Å². The number of hydrogen-bond acceptors (Lipinski definition) is 3. The fourth-order valence-corrected chi connectivity index (χ4v) is 2.28. The van der Waals surface area contributed by atoms with Gasteiger partial charge >= 0.3 is 0 Å². The van der Waals surface area contributed by atoms with Gasteiger partial charge in [0, 0.05) is 36.6 Å². The van der Waals surface area contributed by atoms with Gasteiger partial charge in [-0.2, -0.15) is 0 Å². The first-order valence-electron chi connectivity index (χ1n) is 6.77. The third kappa shape index (κ3) is 3.00. The van der Waals surface area contributed by atoms with Crippen LogP contribution in [0.2, 0.25) is 0 Å². The zero-order chi connectivity index (χ0) is 13.8. The lowest BCUT2D eigenvalue weighted by atomic mass is 10.1. The molecule has 0 radical (unpaired) electrons. The number of pyridine rings is 2. The van der Waals surface area contributed by atoms with Crippen LogP contribution in [-0.2, 0) is 13.1 Å². The molecule has 0 amide bonds.